The van der Waals surface area contributed by atoms with Crippen LogP contribution in [-0.4, -0.2) is 7.11 Å². The standard InChI is InChI=1S/C15H16FNO/c1-9-7-15(18-3)10(2)6-12(9)11-4-5-14(17)13(16)8-11/h4-8H,17H2,1-3H3. The lowest BCUT2D eigenvalue weighted by atomic mass is 9.97. The van der Waals surface area contributed by atoms with E-state index in [2.05, 4.69) is 0 Å². The molecule has 0 atom stereocenters. The first-order valence-electron chi connectivity index (χ1n) is 5.73. The molecule has 2 aromatic rings. The predicted molar refractivity (Wildman–Crippen MR) is 72.3 cm³/mol. The van der Waals surface area contributed by atoms with Crippen LogP contribution in [0.3, 0.4) is 0 Å². The molecule has 0 bridgehead atoms. The molecule has 0 aromatic heterocycles. The van der Waals surface area contributed by atoms with Crippen LogP contribution < -0.4 is 10.5 Å². The zero-order chi connectivity index (χ0) is 13.3. The number of hydrogen-bond donors (Lipinski definition) is 1. The Balaban J connectivity index is 2.57. The van der Waals surface area contributed by atoms with E-state index in [1.54, 1.807) is 13.2 Å². The first-order valence-corrected chi connectivity index (χ1v) is 5.73. The fraction of sp³-hybridized carbons (Fsp3) is 0.200. The molecule has 94 valence electrons. The van der Waals surface area contributed by atoms with Crippen LogP contribution in [0.25, 0.3) is 11.1 Å². The minimum Gasteiger partial charge on any atom is -0.496 e. The Hall–Kier alpha value is -2.03. The minimum absolute atomic E-state index is 0.168. The molecule has 0 fully saturated rings. The molecule has 0 aliphatic carbocycles. The van der Waals surface area contributed by atoms with Gasteiger partial charge in [-0.15, -0.1) is 0 Å². The molecular weight excluding hydrogens is 229 g/mol. The van der Waals surface area contributed by atoms with Crippen molar-refractivity contribution >= 4 is 5.69 Å². The third-order valence-electron chi connectivity index (χ3n) is 3.05. The van der Waals surface area contributed by atoms with E-state index in [0.29, 0.717) is 0 Å². The highest BCUT2D eigenvalue weighted by molar-refractivity contribution is 5.71. The zero-order valence-electron chi connectivity index (χ0n) is 10.8. The normalized spacial score (nSPS) is 10.4. The Morgan fingerprint density at radius 3 is 2.39 bits per heavy atom. The first-order chi connectivity index (χ1) is 8.52. The largest absolute Gasteiger partial charge is 0.496 e. The van der Waals surface area contributed by atoms with Crippen molar-refractivity contribution in [1.82, 2.24) is 0 Å². The van der Waals surface area contributed by atoms with E-state index in [1.807, 2.05) is 32.0 Å². The van der Waals surface area contributed by atoms with Crippen LogP contribution in [0, 0.1) is 19.7 Å². The summed E-state index contributed by atoms with van der Waals surface area (Å²) in [6.45, 7) is 3.95. The zero-order valence-corrected chi connectivity index (χ0v) is 10.8. The molecule has 0 aliphatic rings. The molecule has 0 spiro atoms. The SMILES string of the molecule is COc1cc(C)c(-c2ccc(N)c(F)c2)cc1C. The van der Waals surface area contributed by atoms with Gasteiger partial charge in [-0.3, -0.25) is 0 Å². The van der Waals surface area contributed by atoms with Gasteiger partial charge in [0.1, 0.15) is 11.6 Å². The van der Waals surface area contributed by atoms with Gasteiger partial charge in [0.05, 0.1) is 12.8 Å². The Bertz CT molecular complexity index is 593. The van der Waals surface area contributed by atoms with Gasteiger partial charge in [-0.1, -0.05) is 6.07 Å². The van der Waals surface area contributed by atoms with E-state index in [0.717, 1.165) is 28.0 Å². The molecule has 2 nitrogen and oxygen atoms in total. The highest BCUT2D eigenvalue weighted by Crippen LogP contribution is 2.31. The fourth-order valence-electron chi connectivity index (χ4n) is 2.02. The summed E-state index contributed by atoms with van der Waals surface area (Å²) >= 11 is 0. The van der Waals surface area contributed by atoms with Crippen molar-refractivity contribution in [3.8, 4) is 16.9 Å². The van der Waals surface area contributed by atoms with Crippen molar-refractivity contribution in [2.24, 2.45) is 0 Å². The van der Waals surface area contributed by atoms with Gasteiger partial charge in [-0.2, -0.15) is 0 Å². The summed E-state index contributed by atoms with van der Waals surface area (Å²) in [4.78, 5) is 0. The number of hydrogen-bond acceptors (Lipinski definition) is 2. The molecule has 0 aliphatic heterocycles. The van der Waals surface area contributed by atoms with E-state index in [-0.39, 0.29) is 11.5 Å². The second kappa shape index (κ2) is 4.69. The summed E-state index contributed by atoms with van der Waals surface area (Å²) in [5, 5.41) is 0. The fourth-order valence-corrected chi connectivity index (χ4v) is 2.02. The lowest BCUT2D eigenvalue weighted by Gasteiger charge is -2.12. The van der Waals surface area contributed by atoms with Gasteiger partial charge in [-0.05, 0) is 60.4 Å². The van der Waals surface area contributed by atoms with Crippen molar-refractivity contribution in [3.05, 3.63) is 47.3 Å². The quantitative estimate of drug-likeness (QED) is 0.819. The Morgan fingerprint density at radius 1 is 1.06 bits per heavy atom. The summed E-state index contributed by atoms with van der Waals surface area (Å²) in [6.07, 6.45) is 0. The molecule has 0 amide bonds. The van der Waals surface area contributed by atoms with E-state index in [1.165, 1.54) is 6.07 Å². The lowest BCUT2D eigenvalue weighted by Crippen LogP contribution is -1.94. The van der Waals surface area contributed by atoms with E-state index >= 15 is 0 Å². The maximum atomic E-state index is 13.5. The maximum absolute atomic E-state index is 13.5. The molecule has 0 radical (unpaired) electrons. The lowest BCUT2D eigenvalue weighted by molar-refractivity contribution is 0.411. The molecule has 0 saturated carbocycles. The number of ether oxygens (including phenoxy) is 1. The molecule has 18 heavy (non-hydrogen) atoms. The number of rotatable bonds is 2. The van der Waals surface area contributed by atoms with Crippen LogP contribution in [0.4, 0.5) is 10.1 Å². The van der Waals surface area contributed by atoms with Gasteiger partial charge in [-0.25, -0.2) is 4.39 Å². The van der Waals surface area contributed by atoms with Gasteiger partial charge < -0.3 is 10.5 Å². The Morgan fingerprint density at radius 2 is 1.78 bits per heavy atom. The number of nitrogen functional groups attached to an aromatic ring is 1. The van der Waals surface area contributed by atoms with Crippen LogP contribution in [0.5, 0.6) is 5.75 Å². The molecule has 2 aromatic carbocycles. The van der Waals surface area contributed by atoms with Crippen LogP contribution in [0.1, 0.15) is 11.1 Å². The first kappa shape index (κ1) is 12.4. The van der Waals surface area contributed by atoms with E-state index in [9.17, 15) is 4.39 Å². The maximum Gasteiger partial charge on any atom is 0.146 e. The van der Waals surface area contributed by atoms with Crippen molar-refractivity contribution in [2.75, 3.05) is 12.8 Å². The van der Waals surface area contributed by atoms with Crippen molar-refractivity contribution in [3.63, 3.8) is 0 Å². The molecule has 3 heteroatoms. The molecule has 0 saturated heterocycles. The van der Waals surface area contributed by atoms with Crippen LogP contribution in [0.2, 0.25) is 0 Å². The van der Waals surface area contributed by atoms with Crippen molar-refractivity contribution < 1.29 is 9.13 Å². The number of methoxy groups -OCH3 is 1. The summed E-state index contributed by atoms with van der Waals surface area (Å²) in [5.74, 6) is 0.451. The molecule has 2 rings (SSSR count). The summed E-state index contributed by atoms with van der Waals surface area (Å²) in [5.41, 5.74) is 9.54. The van der Waals surface area contributed by atoms with Crippen LogP contribution in [-0.2, 0) is 0 Å². The number of halogens is 1. The van der Waals surface area contributed by atoms with Gasteiger partial charge >= 0.3 is 0 Å². The van der Waals surface area contributed by atoms with Crippen molar-refractivity contribution in [1.29, 1.82) is 0 Å². The minimum atomic E-state index is -0.389. The van der Waals surface area contributed by atoms with Crippen LogP contribution in [0.15, 0.2) is 30.3 Å². The van der Waals surface area contributed by atoms with Crippen molar-refractivity contribution in [2.45, 2.75) is 13.8 Å². The smallest absolute Gasteiger partial charge is 0.146 e. The monoisotopic (exact) mass is 245 g/mol. The third-order valence-corrected chi connectivity index (χ3v) is 3.05. The molecule has 0 heterocycles. The highest BCUT2D eigenvalue weighted by Gasteiger charge is 2.08. The number of nitrogens with two attached hydrogens (primary N) is 1. The van der Waals surface area contributed by atoms with Crippen LogP contribution >= 0.6 is 0 Å². The Kier molecular flexibility index (Phi) is 3.24. The summed E-state index contributed by atoms with van der Waals surface area (Å²) in [7, 11) is 1.64. The summed E-state index contributed by atoms with van der Waals surface area (Å²) in [6, 6.07) is 8.83. The van der Waals surface area contributed by atoms with Gasteiger partial charge in [0.15, 0.2) is 0 Å². The predicted octanol–water partition coefficient (Wildman–Crippen LogP) is 3.70. The average molecular weight is 245 g/mol. The summed E-state index contributed by atoms with van der Waals surface area (Å²) < 4.78 is 18.8. The number of anilines is 1. The number of benzene rings is 2. The Labute approximate surface area is 106 Å². The van der Waals surface area contributed by atoms with Gasteiger partial charge in [0, 0.05) is 0 Å². The number of aryl methyl sites for hydroxylation is 2. The second-order valence-corrected chi connectivity index (χ2v) is 4.37. The van der Waals surface area contributed by atoms with E-state index in [4.69, 9.17) is 10.5 Å². The third kappa shape index (κ3) is 2.16. The molecular formula is C15H16FNO. The molecule has 0 unspecified atom stereocenters. The molecule has 2 N–H and O–H groups in total. The van der Waals surface area contributed by atoms with Gasteiger partial charge in [0.2, 0.25) is 0 Å². The van der Waals surface area contributed by atoms with E-state index < -0.39 is 0 Å². The average Bonchev–Trinajstić information content (AvgIpc) is 2.35. The topological polar surface area (TPSA) is 35.2 Å². The second-order valence-electron chi connectivity index (χ2n) is 4.37. The highest BCUT2D eigenvalue weighted by atomic mass is 19.1. The van der Waals surface area contributed by atoms with Gasteiger partial charge in [0.25, 0.3) is 0 Å².